The molecule has 2 atom stereocenters. The van der Waals surface area contributed by atoms with Crippen LogP contribution in [0.25, 0.3) is 0 Å². The van der Waals surface area contributed by atoms with Crippen molar-refractivity contribution in [2.75, 3.05) is 26.2 Å². The molecule has 2 aromatic carbocycles. The number of rotatable bonds is 4. The molecule has 5 rings (SSSR count). The van der Waals surface area contributed by atoms with Gasteiger partial charge in [-0.1, -0.05) is 12.1 Å². The molecule has 3 aromatic rings. The fourth-order valence-electron chi connectivity index (χ4n) is 5.18. The predicted octanol–water partition coefficient (Wildman–Crippen LogP) is 2.74. The second-order valence-electron chi connectivity index (χ2n) is 10.8. The highest BCUT2D eigenvalue weighted by Crippen LogP contribution is 2.30. The first kappa shape index (κ1) is 29.8. The molecule has 2 N–H and O–H groups in total. The van der Waals surface area contributed by atoms with Crippen molar-refractivity contribution >= 4 is 17.7 Å². The summed E-state index contributed by atoms with van der Waals surface area (Å²) in [6.45, 7) is 6.41. The number of H-pyrrole nitrogens is 1. The minimum absolute atomic E-state index is 0.0639. The Labute approximate surface area is 249 Å². The maximum Gasteiger partial charge on any atom is 0.272 e. The van der Waals surface area contributed by atoms with E-state index in [-0.39, 0.29) is 43.9 Å². The Balaban J connectivity index is 1.45. The molecule has 0 spiro atoms. The number of benzene rings is 2. The standard InChI is InChI=1S/C31H35N5O7/c1-4-35-17-29(38)34-26-16-36(31(40)25-14-32-15-28(37)33-25)9-8-27(26)41-18-20-6-5-7-22(10-20)43-24-12-21(30(35)39)11-23(13-24)42-19(2)3/h5-7,10-15,19,26-27H,4,8-9,16-18H2,1-3H3,(H,33,37)(H,34,38)/t26-,27-/m0/s1. The van der Waals surface area contributed by atoms with Crippen LogP contribution in [0.5, 0.6) is 17.2 Å². The minimum Gasteiger partial charge on any atom is -0.491 e. The van der Waals surface area contributed by atoms with E-state index in [1.54, 1.807) is 30.0 Å². The first-order chi connectivity index (χ1) is 20.7. The highest BCUT2D eigenvalue weighted by Gasteiger charge is 2.34. The molecule has 226 valence electrons. The van der Waals surface area contributed by atoms with Crippen LogP contribution in [0, 0.1) is 0 Å². The second kappa shape index (κ2) is 13.1. The summed E-state index contributed by atoms with van der Waals surface area (Å²) in [5.41, 5.74) is 0.761. The average Bonchev–Trinajstić information content (AvgIpc) is 2.98. The number of carbonyl (C=O) groups excluding carboxylic acids is 3. The molecule has 43 heavy (non-hydrogen) atoms. The third-order valence-corrected chi connectivity index (χ3v) is 7.17. The number of likely N-dealkylation sites (N-methyl/N-ethyl adjacent to an activating group) is 1. The lowest BCUT2D eigenvalue weighted by atomic mass is 10.0. The Hall–Kier alpha value is -4.71. The normalized spacial score (nSPS) is 19.3. The van der Waals surface area contributed by atoms with Crippen molar-refractivity contribution < 1.29 is 28.6 Å². The van der Waals surface area contributed by atoms with Gasteiger partial charge < -0.3 is 34.3 Å². The zero-order chi connectivity index (χ0) is 30.5. The van der Waals surface area contributed by atoms with E-state index >= 15 is 0 Å². The number of carbonyl (C=O) groups is 3. The van der Waals surface area contributed by atoms with Crippen molar-refractivity contribution in [2.24, 2.45) is 0 Å². The number of aromatic amines is 1. The van der Waals surface area contributed by atoms with Gasteiger partial charge in [0.05, 0.1) is 43.8 Å². The summed E-state index contributed by atoms with van der Waals surface area (Å²) in [5, 5.41) is 3.00. The quantitative estimate of drug-likeness (QED) is 0.473. The lowest BCUT2D eigenvalue weighted by Gasteiger charge is -2.39. The van der Waals surface area contributed by atoms with E-state index < -0.39 is 29.5 Å². The molecule has 1 fully saturated rings. The molecule has 0 radical (unpaired) electrons. The van der Waals surface area contributed by atoms with Gasteiger partial charge in [0, 0.05) is 31.3 Å². The second-order valence-corrected chi connectivity index (χ2v) is 10.8. The van der Waals surface area contributed by atoms with Crippen LogP contribution < -0.4 is 20.3 Å². The predicted molar refractivity (Wildman–Crippen MR) is 156 cm³/mol. The molecule has 12 heteroatoms. The Kier molecular flexibility index (Phi) is 9.05. The van der Waals surface area contributed by atoms with Gasteiger partial charge in [0.2, 0.25) is 5.91 Å². The van der Waals surface area contributed by atoms with Crippen molar-refractivity contribution in [3.05, 3.63) is 82.0 Å². The van der Waals surface area contributed by atoms with Gasteiger partial charge in [-0.15, -0.1) is 0 Å². The van der Waals surface area contributed by atoms with E-state index in [9.17, 15) is 19.2 Å². The Morgan fingerprint density at radius 3 is 2.72 bits per heavy atom. The van der Waals surface area contributed by atoms with Gasteiger partial charge in [-0.05, 0) is 57.0 Å². The summed E-state index contributed by atoms with van der Waals surface area (Å²) < 4.78 is 18.3. The molecular formula is C31H35N5O7. The van der Waals surface area contributed by atoms with Gasteiger partial charge >= 0.3 is 0 Å². The van der Waals surface area contributed by atoms with Crippen molar-refractivity contribution in [1.29, 1.82) is 0 Å². The van der Waals surface area contributed by atoms with Gasteiger partial charge in [-0.25, -0.2) is 0 Å². The highest BCUT2D eigenvalue weighted by molar-refractivity contribution is 5.97. The molecule has 3 heterocycles. The first-order valence-corrected chi connectivity index (χ1v) is 14.3. The number of amides is 3. The van der Waals surface area contributed by atoms with E-state index in [1.165, 1.54) is 11.1 Å². The number of hydrogen-bond donors (Lipinski definition) is 2. The largest absolute Gasteiger partial charge is 0.491 e. The van der Waals surface area contributed by atoms with Gasteiger partial charge in [-0.3, -0.25) is 24.2 Å². The van der Waals surface area contributed by atoms with Crippen LogP contribution in [0.15, 0.2) is 59.7 Å². The van der Waals surface area contributed by atoms with Crippen molar-refractivity contribution in [1.82, 2.24) is 25.1 Å². The number of nitrogens with zero attached hydrogens (tertiary/aromatic N) is 3. The fourth-order valence-corrected chi connectivity index (χ4v) is 5.18. The molecular weight excluding hydrogens is 554 g/mol. The van der Waals surface area contributed by atoms with E-state index in [0.29, 0.717) is 35.8 Å². The molecule has 12 nitrogen and oxygen atoms in total. The maximum atomic E-state index is 13.6. The summed E-state index contributed by atoms with van der Waals surface area (Å²) in [4.78, 5) is 61.2. The number of fused-ring (bicyclic) bond motifs is 5. The topological polar surface area (TPSA) is 143 Å². The third-order valence-electron chi connectivity index (χ3n) is 7.17. The van der Waals surface area contributed by atoms with Crippen LogP contribution in [0.2, 0.25) is 0 Å². The lowest BCUT2D eigenvalue weighted by Crippen LogP contribution is -2.58. The molecule has 1 saturated heterocycles. The number of likely N-dealkylation sites (tertiary alicyclic amines) is 1. The summed E-state index contributed by atoms with van der Waals surface area (Å²) >= 11 is 0. The van der Waals surface area contributed by atoms with E-state index in [2.05, 4.69) is 15.3 Å². The maximum absolute atomic E-state index is 13.6. The molecule has 4 bridgehead atoms. The van der Waals surface area contributed by atoms with Crippen LogP contribution in [0.1, 0.15) is 53.6 Å². The molecule has 2 aliphatic rings. The molecule has 0 unspecified atom stereocenters. The summed E-state index contributed by atoms with van der Waals surface area (Å²) in [6, 6.07) is 11.9. The van der Waals surface area contributed by atoms with Gasteiger partial charge in [0.15, 0.2) is 0 Å². The Bertz CT molecular complexity index is 1560. The molecule has 0 saturated carbocycles. The number of nitrogens with one attached hydrogen (secondary N) is 2. The van der Waals surface area contributed by atoms with Gasteiger partial charge in [0.1, 0.15) is 22.9 Å². The van der Waals surface area contributed by atoms with E-state index in [1.807, 2.05) is 38.1 Å². The van der Waals surface area contributed by atoms with Crippen LogP contribution in [-0.2, 0) is 16.1 Å². The van der Waals surface area contributed by atoms with Crippen molar-refractivity contribution in [3.63, 3.8) is 0 Å². The van der Waals surface area contributed by atoms with Crippen LogP contribution in [-0.4, -0.2) is 81.9 Å². The van der Waals surface area contributed by atoms with Crippen molar-refractivity contribution in [3.8, 4) is 17.2 Å². The van der Waals surface area contributed by atoms with E-state index in [4.69, 9.17) is 14.2 Å². The zero-order valence-electron chi connectivity index (χ0n) is 24.4. The molecule has 1 aromatic heterocycles. The molecule has 3 amide bonds. The average molecular weight is 590 g/mol. The first-order valence-electron chi connectivity index (χ1n) is 14.3. The van der Waals surface area contributed by atoms with Crippen molar-refractivity contribution in [2.45, 2.75) is 52.0 Å². The SMILES string of the molecule is CCN1CC(=O)N[C@H]2CN(C(=O)c3cncc(=O)[nH]3)CC[C@@H]2OCc2cccc(c2)Oc2cc(OC(C)C)cc(c2)C1=O. The molecule has 2 aliphatic heterocycles. The van der Waals surface area contributed by atoms with Gasteiger partial charge in [-0.2, -0.15) is 0 Å². The fraction of sp³-hybridized carbons (Fsp3) is 0.387. The van der Waals surface area contributed by atoms with Gasteiger partial charge in [0.25, 0.3) is 17.4 Å². The van der Waals surface area contributed by atoms with Crippen LogP contribution in [0.3, 0.4) is 0 Å². The number of aromatic nitrogens is 2. The van der Waals surface area contributed by atoms with E-state index in [0.717, 1.165) is 11.8 Å². The number of ether oxygens (including phenoxy) is 3. The number of piperidine rings is 1. The number of hydrogen-bond acceptors (Lipinski definition) is 8. The third kappa shape index (κ3) is 7.39. The summed E-state index contributed by atoms with van der Waals surface area (Å²) in [6.07, 6.45) is 2.30. The zero-order valence-corrected chi connectivity index (χ0v) is 24.4. The summed E-state index contributed by atoms with van der Waals surface area (Å²) in [5.74, 6) is 0.321. The highest BCUT2D eigenvalue weighted by atomic mass is 16.5. The monoisotopic (exact) mass is 589 g/mol. The molecule has 0 aliphatic carbocycles. The Morgan fingerprint density at radius 1 is 1.12 bits per heavy atom. The summed E-state index contributed by atoms with van der Waals surface area (Å²) in [7, 11) is 0. The lowest BCUT2D eigenvalue weighted by molar-refractivity contribution is -0.124. The minimum atomic E-state index is -0.566. The smallest absolute Gasteiger partial charge is 0.272 e. The Morgan fingerprint density at radius 2 is 1.95 bits per heavy atom. The van der Waals surface area contributed by atoms with Crippen LogP contribution in [0.4, 0.5) is 0 Å². The van der Waals surface area contributed by atoms with Crippen LogP contribution >= 0.6 is 0 Å².